The molecule has 1 saturated heterocycles. The van der Waals surface area contributed by atoms with E-state index in [1.54, 1.807) is 32.4 Å². The molecule has 1 heterocycles. The van der Waals surface area contributed by atoms with Gasteiger partial charge in [0.15, 0.2) is 0 Å². The van der Waals surface area contributed by atoms with Crippen LogP contribution >= 0.6 is 0 Å². The maximum atomic E-state index is 12.7. The van der Waals surface area contributed by atoms with E-state index in [4.69, 9.17) is 9.47 Å². The van der Waals surface area contributed by atoms with Gasteiger partial charge in [-0.2, -0.15) is 0 Å². The lowest BCUT2D eigenvalue weighted by Gasteiger charge is -2.46. The van der Waals surface area contributed by atoms with Gasteiger partial charge in [-0.15, -0.1) is 0 Å². The summed E-state index contributed by atoms with van der Waals surface area (Å²) in [6.07, 6.45) is 1.77. The lowest BCUT2D eigenvalue weighted by Crippen LogP contribution is -2.62. The first-order valence-electron chi connectivity index (χ1n) is 7.98. The smallest absolute Gasteiger partial charge is 0.255 e. The highest BCUT2D eigenvalue weighted by Crippen LogP contribution is 2.29. The van der Waals surface area contributed by atoms with Gasteiger partial charge in [0.2, 0.25) is 0 Å². The number of benzene rings is 1. The SMILES string of the molecule is COc1ccc(OC)c(C(=O)NC2CC(C)(C)NC(C)(C)C2)c1. The Morgan fingerprint density at radius 2 is 1.74 bits per heavy atom. The van der Waals surface area contributed by atoms with Crippen molar-refractivity contribution in [3.8, 4) is 11.5 Å². The van der Waals surface area contributed by atoms with Crippen molar-refractivity contribution in [1.82, 2.24) is 10.6 Å². The fourth-order valence-corrected chi connectivity index (χ4v) is 3.68. The zero-order chi connectivity index (χ0) is 17.3. The van der Waals surface area contributed by atoms with Crippen molar-refractivity contribution in [3.05, 3.63) is 23.8 Å². The van der Waals surface area contributed by atoms with Gasteiger partial charge in [0.1, 0.15) is 11.5 Å². The van der Waals surface area contributed by atoms with Crippen LogP contribution in [0.25, 0.3) is 0 Å². The molecule has 0 aliphatic carbocycles. The topological polar surface area (TPSA) is 59.6 Å². The van der Waals surface area contributed by atoms with E-state index >= 15 is 0 Å². The van der Waals surface area contributed by atoms with Gasteiger partial charge in [0.25, 0.3) is 5.91 Å². The number of methoxy groups -OCH3 is 2. The van der Waals surface area contributed by atoms with E-state index in [1.165, 1.54) is 0 Å². The minimum Gasteiger partial charge on any atom is -0.497 e. The minimum absolute atomic E-state index is 0.0157. The van der Waals surface area contributed by atoms with E-state index in [-0.39, 0.29) is 23.0 Å². The summed E-state index contributed by atoms with van der Waals surface area (Å²) in [4.78, 5) is 12.7. The van der Waals surface area contributed by atoms with Crippen molar-refractivity contribution < 1.29 is 14.3 Å². The molecule has 1 aliphatic rings. The zero-order valence-corrected chi connectivity index (χ0v) is 14.9. The predicted octanol–water partition coefficient (Wildman–Crippen LogP) is 2.74. The third-order valence-corrected chi connectivity index (χ3v) is 4.18. The third kappa shape index (κ3) is 4.38. The molecular formula is C18H28N2O3. The molecule has 5 heteroatoms. The first-order chi connectivity index (χ1) is 10.7. The molecule has 1 aliphatic heterocycles. The van der Waals surface area contributed by atoms with Crippen molar-refractivity contribution in [2.75, 3.05) is 14.2 Å². The Hall–Kier alpha value is -1.75. The number of ether oxygens (including phenoxy) is 2. The van der Waals surface area contributed by atoms with Crippen molar-refractivity contribution >= 4 is 5.91 Å². The van der Waals surface area contributed by atoms with E-state index in [2.05, 4.69) is 38.3 Å². The largest absolute Gasteiger partial charge is 0.497 e. The molecule has 0 spiro atoms. The Morgan fingerprint density at radius 3 is 2.26 bits per heavy atom. The van der Waals surface area contributed by atoms with Crippen LogP contribution in [0.2, 0.25) is 0 Å². The molecule has 23 heavy (non-hydrogen) atoms. The number of carbonyl (C=O) groups is 1. The Morgan fingerprint density at radius 1 is 1.13 bits per heavy atom. The summed E-state index contributed by atoms with van der Waals surface area (Å²) in [6.45, 7) is 8.66. The number of piperidine rings is 1. The highest BCUT2D eigenvalue weighted by molar-refractivity contribution is 5.97. The molecule has 2 N–H and O–H groups in total. The molecule has 2 rings (SSSR count). The van der Waals surface area contributed by atoms with Crippen LogP contribution in [0.3, 0.4) is 0 Å². The maximum Gasteiger partial charge on any atom is 0.255 e. The molecule has 0 bridgehead atoms. The second kappa shape index (κ2) is 6.40. The maximum absolute atomic E-state index is 12.7. The molecule has 0 atom stereocenters. The first-order valence-corrected chi connectivity index (χ1v) is 7.98. The van der Waals surface area contributed by atoms with Gasteiger partial charge in [0.05, 0.1) is 19.8 Å². The van der Waals surface area contributed by atoms with E-state index in [9.17, 15) is 4.79 Å². The zero-order valence-electron chi connectivity index (χ0n) is 14.9. The van der Waals surface area contributed by atoms with Gasteiger partial charge in [-0.3, -0.25) is 4.79 Å². The van der Waals surface area contributed by atoms with Gasteiger partial charge in [-0.05, 0) is 58.7 Å². The quantitative estimate of drug-likeness (QED) is 0.895. The predicted molar refractivity (Wildman–Crippen MR) is 91.3 cm³/mol. The van der Waals surface area contributed by atoms with Crippen LogP contribution in [-0.4, -0.2) is 37.2 Å². The number of nitrogens with one attached hydrogen (secondary N) is 2. The van der Waals surface area contributed by atoms with E-state index < -0.39 is 0 Å². The average molecular weight is 320 g/mol. The van der Waals surface area contributed by atoms with E-state index in [1.807, 2.05) is 0 Å². The molecule has 128 valence electrons. The van der Waals surface area contributed by atoms with Gasteiger partial charge < -0.3 is 20.1 Å². The molecule has 0 aromatic heterocycles. The van der Waals surface area contributed by atoms with Crippen LogP contribution in [-0.2, 0) is 0 Å². The van der Waals surface area contributed by atoms with Crippen molar-refractivity contribution in [3.63, 3.8) is 0 Å². The first kappa shape index (κ1) is 17.6. The summed E-state index contributed by atoms with van der Waals surface area (Å²) < 4.78 is 10.5. The van der Waals surface area contributed by atoms with Crippen molar-refractivity contribution in [2.45, 2.75) is 57.7 Å². The second-order valence-corrected chi connectivity index (χ2v) is 7.54. The molecule has 1 aromatic rings. The normalized spacial score (nSPS) is 19.9. The Balaban J connectivity index is 2.18. The Labute approximate surface area is 138 Å². The molecule has 1 fully saturated rings. The summed E-state index contributed by atoms with van der Waals surface area (Å²) in [7, 11) is 3.15. The monoisotopic (exact) mass is 320 g/mol. The number of hydrogen-bond acceptors (Lipinski definition) is 4. The van der Waals surface area contributed by atoms with Crippen LogP contribution in [0.4, 0.5) is 0 Å². The summed E-state index contributed by atoms with van der Waals surface area (Å²) >= 11 is 0. The molecular weight excluding hydrogens is 292 g/mol. The van der Waals surface area contributed by atoms with Crippen LogP contribution in [0.1, 0.15) is 50.9 Å². The molecule has 5 nitrogen and oxygen atoms in total. The van der Waals surface area contributed by atoms with Crippen LogP contribution in [0.5, 0.6) is 11.5 Å². The number of carbonyl (C=O) groups excluding carboxylic acids is 1. The highest BCUT2D eigenvalue weighted by atomic mass is 16.5. The molecule has 0 saturated carbocycles. The summed E-state index contributed by atoms with van der Waals surface area (Å²) in [6, 6.07) is 5.37. The van der Waals surface area contributed by atoms with E-state index in [0.717, 1.165) is 12.8 Å². The lowest BCUT2D eigenvalue weighted by molar-refractivity contribution is 0.0870. The van der Waals surface area contributed by atoms with Crippen LogP contribution in [0, 0.1) is 0 Å². The number of rotatable bonds is 4. The number of amides is 1. The van der Waals surface area contributed by atoms with Gasteiger partial charge in [-0.1, -0.05) is 0 Å². The summed E-state index contributed by atoms with van der Waals surface area (Å²) in [5, 5.41) is 6.78. The molecule has 1 aromatic carbocycles. The van der Waals surface area contributed by atoms with E-state index in [0.29, 0.717) is 17.1 Å². The fraction of sp³-hybridized carbons (Fsp3) is 0.611. The summed E-state index contributed by atoms with van der Waals surface area (Å²) in [5.74, 6) is 1.07. The lowest BCUT2D eigenvalue weighted by atomic mass is 9.79. The second-order valence-electron chi connectivity index (χ2n) is 7.54. The minimum atomic E-state index is -0.126. The Bertz CT molecular complexity index is 566. The summed E-state index contributed by atoms with van der Waals surface area (Å²) in [5.41, 5.74) is 0.469. The van der Waals surface area contributed by atoms with Gasteiger partial charge in [0, 0.05) is 17.1 Å². The van der Waals surface area contributed by atoms with Crippen molar-refractivity contribution in [2.24, 2.45) is 0 Å². The molecule has 0 unspecified atom stereocenters. The van der Waals surface area contributed by atoms with Crippen LogP contribution in [0.15, 0.2) is 18.2 Å². The highest BCUT2D eigenvalue weighted by Gasteiger charge is 2.38. The van der Waals surface area contributed by atoms with Gasteiger partial charge >= 0.3 is 0 Å². The average Bonchev–Trinajstić information content (AvgIpc) is 2.43. The standard InChI is InChI=1S/C18H28N2O3/c1-17(2)10-12(11-18(3,4)20-17)19-16(21)14-9-13(22-5)7-8-15(14)23-6/h7-9,12,20H,10-11H2,1-6H3,(H,19,21). The molecule has 1 amide bonds. The fourth-order valence-electron chi connectivity index (χ4n) is 3.68. The van der Waals surface area contributed by atoms with Gasteiger partial charge in [-0.25, -0.2) is 0 Å². The Kier molecular flexibility index (Phi) is 4.90. The van der Waals surface area contributed by atoms with Crippen LogP contribution < -0.4 is 20.1 Å². The number of hydrogen-bond donors (Lipinski definition) is 2. The van der Waals surface area contributed by atoms with Crippen molar-refractivity contribution in [1.29, 1.82) is 0 Å². The third-order valence-electron chi connectivity index (χ3n) is 4.18. The molecule has 0 radical (unpaired) electrons.